The van der Waals surface area contributed by atoms with Crippen molar-refractivity contribution < 1.29 is 13.2 Å². The summed E-state index contributed by atoms with van der Waals surface area (Å²) in [6.07, 6.45) is 4.21. The third-order valence-corrected chi connectivity index (χ3v) is 5.11. The molecule has 1 aliphatic carbocycles. The van der Waals surface area contributed by atoms with Gasteiger partial charge in [-0.3, -0.25) is 0 Å². The fraction of sp³-hybridized carbons (Fsp3) is 1.00. The Kier molecular flexibility index (Phi) is 2.57. The third kappa shape index (κ3) is 1.68. The average molecular weight is 219 g/mol. The van der Waals surface area contributed by atoms with Crippen molar-refractivity contribution in [1.82, 2.24) is 4.72 Å². The molecular formula is C9H17NO3S. The zero-order valence-corrected chi connectivity index (χ0v) is 9.27. The van der Waals surface area contributed by atoms with Crippen LogP contribution in [0.2, 0.25) is 0 Å². The lowest BCUT2D eigenvalue weighted by atomic mass is 9.85. The predicted octanol–water partition coefficient (Wildman–Crippen LogP) is 0.495. The lowest BCUT2D eigenvalue weighted by Crippen LogP contribution is -2.37. The first kappa shape index (κ1) is 10.4. The van der Waals surface area contributed by atoms with Crippen LogP contribution in [0.3, 0.4) is 0 Å². The zero-order valence-electron chi connectivity index (χ0n) is 8.45. The van der Waals surface area contributed by atoms with Crippen molar-refractivity contribution in [2.45, 2.75) is 31.8 Å². The van der Waals surface area contributed by atoms with Crippen molar-refractivity contribution in [2.24, 2.45) is 5.41 Å². The van der Waals surface area contributed by atoms with Gasteiger partial charge in [-0.05, 0) is 26.3 Å². The second-order valence-corrected chi connectivity index (χ2v) is 6.25. The Hall–Kier alpha value is -0.130. The molecule has 1 N–H and O–H groups in total. The molecule has 2 rings (SSSR count). The maximum Gasteiger partial charge on any atom is 0.211 e. The van der Waals surface area contributed by atoms with Crippen LogP contribution in [0.5, 0.6) is 0 Å². The van der Waals surface area contributed by atoms with E-state index in [9.17, 15) is 8.42 Å². The number of hydrogen-bond acceptors (Lipinski definition) is 3. The van der Waals surface area contributed by atoms with Crippen LogP contribution in [0.15, 0.2) is 0 Å². The highest BCUT2D eigenvalue weighted by atomic mass is 32.2. The highest BCUT2D eigenvalue weighted by Gasteiger charge is 2.49. The van der Waals surface area contributed by atoms with E-state index in [1.165, 1.54) is 7.05 Å². The van der Waals surface area contributed by atoms with Crippen LogP contribution in [-0.4, -0.2) is 33.9 Å². The Labute approximate surface area is 85.1 Å². The van der Waals surface area contributed by atoms with Crippen LogP contribution in [0.4, 0.5) is 0 Å². The summed E-state index contributed by atoms with van der Waals surface area (Å²) >= 11 is 0. The molecule has 0 bridgehead atoms. The van der Waals surface area contributed by atoms with Crippen molar-refractivity contribution in [3.8, 4) is 0 Å². The van der Waals surface area contributed by atoms with Gasteiger partial charge in [-0.15, -0.1) is 0 Å². The number of rotatable bonds is 3. The first-order valence-electron chi connectivity index (χ1n) is 5.11. The minimum absolute atomic E-state index is 0.0815. The minimum atomic E-state index is -3.10. The van der Waals surface area contributed by atoms with E-state index in [0.717, 1.165) is 32.3 Å². The second kappa shape index (κ2) is 3.47. The SMILES string of the molecule is CNS(=O)(=O)CC12CCCC1OCC2. The van der Waals surface area contributed by atoms with Gasteiger partial charge in [0, 0.05) is 12.0 Å². The Morgan fingerprint density at radius 2 is 2.29 bits per heavy atom. The van der Waals surface area contributed by atoms with Crippen molar-refractivity contribution in [3.05, 3.63) is 0 Å². The van der Waals surface area contributed by atoms with Crippen molar-refractivity contribution in [3.63, 3.8) is 0 Å². The van der Waals surface area contributed by atoms with Gasteiger partial charge in [0.2, 0.25) is 10.0 Å². The summed E-state index contributed by atoms with van der Waals surface area (Å²) in [6, 6.07) is 0. The van der Waals surface area contributed by atoms with E-state index in [0.29, 0.717) is 0 Å². The fourth-order valence-electron chi connectivity index (χ4n) is 2.75. The summed E-state index contributed by atoms with van der Waals surface area (Å²) in [4.78, 5) is 0. The van der Waals surface area contributed by atoms with Gasteiger partial charge >= 0.3 is 0 Å². The number of nitrogens with one attached hydrogen (secondary N) is 1. The van der Waals surface area contributed by atoms with Crippen molar-refractivity contribution in [2.75, 3.05) is 19.4 Å². The molecule has 0 aromatic rings. The summed E-state index contributed by atoms with van der Waals surface area (Å²) < 4.78 is 31.0. The molecule has 0 aromatic carbocycles. The van der Waals surface area contributed by atoms with Gasteiger partial charge in [0.1, 0.15) is 0 Å². The fourth-order valence-corrected chi connectivity index (χ4v) is 4.12. The van der Waals surface area contributed by atoms with Crippen LogP contribution < -0.4 is 4.72 Å². The maximum absolute atomic E-state index is 11.5. The van der Waals surface area contributed by atoms with E-state index >= 15 is 0 Å². The van der Waals surface area contributed by atoms with E-state index in [2.05, 4.69) is 4.72 Å². The van der Waals surface area contributed by atoms with Gasteiger partial charge in [-0.1, -0.05) is 6.42 Å². The maximum atomic E-state index is 11.5. The summed E-state index contributed by atoms with van der Waals surface area (Å²) in [5.41, 5.74) is -0.0815. The number of sulfonamides is 1. The van der Waals surface area contributed by atoms with Gasteiger partial charge in [0.25, 0.3) is 0 Å². The Morgan fingerprint density at radius 1 is 1.50 bits per heavy atom. The summed E-state index contributed by atoms with van der Waals surface area (Å²) in [5.74, 6) is 0.237. The minimum Gasteiger partial charge on any atom is -0.378 e. The smallest absolute Gasteiger partial charge is 0.211 e. The second-order valence-electron chi connectivity index (χ2n) is 4.33. The first-order chi connectivity index (χ1) is 6.58. The molecule has 0 radical (unpaired) electrons. The van der Waals surface area contributed by atoms with E-state index in [4.69, 9.17) is 4.74 Å². The molecule has 1 saturated heterocycles. The number of fused-ring (bicyclic) bond motifs is 1. The van der Waals surface area contributed by atoms with E-state index in [1.54, 1.807) is 0 Å². The molecule has 1 heterocycles. The van der Waals surface area contributed by atoms with Crippen LogP contribution in [-0.2, 0) is 14.8 Å². The average Bonchev–Trinajstić information content (AvgIpc) is 2.61. The van der Waals surface area contributed by atoms with E-state index < -0.39 is 10.0 Å². The monoisotopic (exact) mass is 219 g/mol. The summed E-state index contributed by atoms with van der Waals surface area (Å²) in [7, 11) is -1.62. The molecule has 2 fully saturated rings. The van der Waals surface area contributed by atoms with Crippen LogP contribution in [0, 0.1) is 5.41 Å². The molecule has 1 saturated carbocycles. The number of ether oxygens (including phenoxy) is 1. The lowest BCUT2D eigenvalue weighted by Gasteiger charge is -2.26. The van der Waals surface area contributed by atoms with Gasteiger partial charge in [0.15, 0.2) is 0 Å². The van der Waals surface area contributed by atoms with Crippen LogP contribution in [0.1, 0.15) is 25.7 Å². The van der Waals surface area contributed by atoms with Gasteiger partial charge in [0.05, 0.1) is 11.9 Å². The Bertz CT molecular complexity index is 302. The van der Waals surface area contributed by atoms with Gasteiger partial charge < -0.3 is 4.74 Å². The molecule has 14 heavy (non-hydrogen) atoms. The molecule has 82 valence electrons. The van der Waals surface area contributed by atoms with E-state index in [-0.39, 0.29) is 17.3 Å². The molecule has 0 spiro atoms. The summed E-state index contributed by atoms with van der Waals surface area (Å²) in [6.45, 7) is 0.726. The quantitative estimate of drug-likeness (QED) is 0.752. The van der Waals surface area contributed by atoms with E-state index in [1.807, 2.05) is 0 Å². The molecule has 4 nitrogen and oxygen atoms in total. The molecule has 0 amide bonds. The molecule has 0 aromatic heterocycles. The zero-order chi connectivity index (χ0) is 10.2. The molecule has 2 atom stereocenters. The highest BCUT2D eigenvalue weighted by molar-refractivity contribution is 7.89. The van der Waals surface area contributed by atoms with Crippen LogP contribution >= 0.6 is 0 Å². The third-order valence-electron chi connectivity index (χ3n) is 3.53. The van der Waals surface area contributed by atoms with Crippen molar-refractivity contribution >= 4 is 10.0 Å². The lowest BCUT2D eigenvalue weighted by molar-refractivity contribution is 0.0781. The highest BCUT2D eigenvalue weighted by Crippen LogP contribution is 2.47. The molecule has 2 aliphatic rings. The molecule has 5 heteroatoms. The topological polar surface area (TPSA) is 55.4 Å². The molecular weight excluding hydrogens is 202 g/mol. The largest absolute Gasteiger partial charge is 0.378 e. The van der Waals surface area contributed by atoms with Gasteiger partial charge in [-0.25, -0.2) is 13.1 Å². The molecule has 1 aliphatic heterocycles. The normalized spacial score (nSPS) is 37.4. The molecule has 2 unspecified atom stereocenters. The Balaban J connectivity index is 2.16. The summed E-state index contributed by atoms with van der Waals surface area (Å²) in [5, 5.41) is 0. The first-order valence-corrected chi connectivity index (χ1v) is 6.76. The predicted molar refractivity (Wildman–Crippen MR) is 53.5 cm³/mol. The van der Waals surface area contributed by atoms with Crippen molar-refractivity contribution in [1.29, 1.82) is 0 Å². The van der Waals surface area contributed by atoms with Crippen LogP contribution in [0.25, 0.3) is 0 Å². The van der Waals surface area contributed by atoms with Gasteiger partial charge in [-0.2, -0.15) is 0 Å². The standard InChI is InChI=1S/C9H17NO3S/c1-10-14(11,12)7-9-4-2-3-8(9)13-6-5-9/h8,10H,2-7H2,1H3. The Morgan fingerprint density at radius 3 is 3.00 bits per heavy atom. The number of hydrogen-bond donors (Lipinski definition) is 1.